The highest BCUT2D eigenvalue weighted by atomic mass is 79.9. The van der Waals surface area contributed by atoms with Crippen LogP contribution in [0.4, 0.5) is 0 Å². The fraction of sp³-hybridized carbons (Fsp3) is 0.579. The van der Waals surface area contributed by atoms with E-state index < -0.39 is 10.2 Å². The van der Waals surface area contributed by atoms with Crippen LogP contribution in [0.1, 0.15) is 46.1 Å². The van der Waals surface area contributed by atoms with Gasteiger partial charge in [0.25, 0.3) is 0 Å². The highest BCUT2D eigenvalue weighted by Gasteiger charge is 2.26. The zero-order valence-corrected chi connectivity index (χ0v) is 16.6. The van der Waals surface area contributed by atoms with Gasteiger partial charge in [0, 0.05) is 11.8 Å². The van der Waals surface area contributed by atoms with Gasteiger partial charge in [0.15, 0.2) is 0 Å². The quantitative estimate of drug-likeness (QED) is 0.506. The fourth-order valence-corrected chi connectivity index (χ4v) is 2.35. The molecule has 0 aliphatic carbocycles. The Hall–Kier alpha value is -1.36. The number of benzene rings is 1. The monoisotopic (exact) mass is 398 g/mol. The van der Waals surface area contributed by atoms with Crippen molar-refractivity contribution in [2.45, 2.75) is 45.4 Å². The number of halogens is 1. The Labute approximate surface area is 153 Å². The van der Waals surface area contributed by atoms with Crippen molar-refractivity contribution in [3.63, 3.8) is 0 Å². The summed E-state index contributed by atoms with van der Waals surface area (Å²) < 4.78 is 10.6. The van der Waals surface area contributed by atoms with Crippen LogP contribution >= 0.6 is 15.9 Å². The second kappa shape index (κ2) is 9.21. The molecule has 0 spiro atoms. The number of esters is 2. The van der Waals surface area contributed by atoms with E-state index in [-0.39, 0.29) is 37.0 Å². The summed E-state index contributed by atoms with van der Waals surface area (Å²) in [7, 11) is 0. The van der Waals surface area contributed by atoms with E-state index in [9.17, 15) is 9.59 Å². The lowest BCUT2D eigenvalue weighted by atomic mass is 9.97. The first-order valence-electron chi connectivity index (χ1n) is 8.15. The Morgan fingerprint density at radius 1 is 1.04 bits per heavy atom. The molecular formula is C19H27BrO4. The molecule has 134 valence electrons. The van der Waals surface area contributed by atoms with E-state index in [0.29, 0.717) is 0 Å². The van der Waals surface area contributed by atoms with Crippen molar-refractivity contribution >= 4 is 27.9 Å². The third-order valence-corrected chi connectivity index (χ3v) is 4.78. The van der Waals surface area contributed by atoms with Gasteiger partial charge in [-0.15, -0.1) is 0 Å². The molecule has 0 saturated heterocycles. The van der Waals surface area contributed by atoms with Gasteiger partial charge in [-0.3, -0.25) is 9.59 Å². The Kier molecular flexibility index (Phi) is 7.94. The number of ether oxygens (including phenoxy) is 2. The summed E-state index contributed by atoms with van der Waals surface area (Å²) in [4.78, 5) is 23.5. The van der Waals surface area contributed by atoms with E-state index in [4.69, 9.17) is 9.47 Å². The first-order valence-corrected chi connectivity index (χ1v) is 9.07. The molecule has 0 aliphatic heterocycles. The van der Waals surface area contributed by atoms with Gasteiger partial charge in [-0.2, -0.15) is 0 Å². The van der Waals surface area contributed by atoms with Crippen LogP contribution in [0.5, 0.6) is 0 Å². The lowest BCUT2D eigenvalue weighted by Gasteiger charge is -2.21. The third-order valence-electron chi connectivity index (χ3n) is 3.61. The second-order valence-corrected chi connectivity index (χ2v) is 8.17. The minimum atomic E-state index is -0.525. The van der Waals surface area contributed by atoms with Crippen LogP contribution in [-0.4, -0.2) is 30.0 Å². The molecule has 0 radical (unpaired) electrons. The largest absolute Gasteiger partial charge is 0.465 e. The lowest BCUT2D eigenvalue weighted by molar-refractivity contribution is -0.155. The number of rotatable bonds is 7. The molecule has 1 rings (SSSR count). The first kappa shape index (κ1) is 20.7. The standard InChI is InChI=1S/C19H27BrO4/c1-13(12-24-18(22)19(3,4)5)11-23-17(21)16(20)14(2)15-9-7-6-8-10-15/h6-10,13-14,16H,11-12H2,1-5H3. The Balaban J connectivity index is 2.41. The van der Waals surface area contributed by atoms with Gasteiger partial charge in [0.1, 0.15) is 4.83 Å². The summed E-state index contributed by atoms with van der Waals surface area (Å²) in [6, 6.07) is 9.81. The van der Waals surface area contributed by atoms with Gasteiger partial charge >= 0.3 is 11.9 Å². The van der Waals surface area contributed by atoms with E-state index in [1.165, 1.54) is 0 Å². The molecule has 0 aromatic heterocycles. The summed E-state index contributed by atoms with van der Waals surface area (Å²) in [6.07, 6.45) is 0. The Morgan fingerprint density at radius 2 is 1.58 bits per heavy atom. The van der Waals surface area contributed by atoms with E-state index in [2.05, 4.69) is 15.9 Å². The average molecular weight is 399 g/mol. The van der Waals surface area contributed by atoms with Crippen molar-refractivity contribution < 1.29 is 19.1 Å². The van der Waals surface area contributed by atoms with Crippen LogP contribution < -0.4 is 0 Å². The summed E-state index contributed by atoms with van der Waals surface area (Å²) in [5, 5.41) is 0. The van der Waals surface area contributed by atoms with E-state index in [1.54, 1.807) is 20.8 Å². The molecule has 0 amide bonds. The molecule has 0 heterocycles. The van der Waals surface area contributed by atoms with Gasteiger partial charge < -0.3 is 9.47 Å². The summed E-state index contributed by atoms with van der Waals surface area (Å²) in [5.41, 5.74) is 0.547. The van der Waals surface area contributed by atoms with Crippen LogP contribution in [-0.2, 0) is 19.1 Å². The normalized spacial score (nSPS) is 15.2. The molecular weight excluding hydrogens is 372 g/mol. The number of alkyl halides is 1. The zero-order valence-electron chi connectivity index (χ0n) is 15.0. The van der Waals surface area contributed by atoms with Crippen LogP contribution in [0.2, 0.25) is 0 Å². The van der Waals surface area contributed by atoms with Gasteiger partial charge in [-0.1, -0.05) is 60.1 Å². The maximum absolute atomic E-state index is 12.2. The van der Waals surface area contributed by atoms with Crippen LogP contribution in [0.15, 0.2) is 30.3 Å². The Morgan fingerprint density at radius 3 is 2.12 bits per heavy atom. The van der Waals surface area contributed by atoms with Gasteiger partial charge in [-0.25, -0.2) is 0 Å². The molecule has 0 fully saturated rings. The van der Waals surface area contributed by atoms with Crippen LogP contribution in [0, 0.1) is 11.3 Å². The second-order valence-electron chi connectivity index (χ2n) is 7.18. The van der Waals surface area contributed by atoms with E-state index in [1.807, 2.05) is 44.2 Å². The van der Waals surface area contributed by atoms with Gasteiger partial charge in [0.05, 0.1) is 18.6 Å². The zero-order chi connectivity index (χ0) is 18.3. The Bertz CT molecular complexity index is 536. The number of carbonyl (C=O) groups is 2. The molecule has 3 atom stereocenters. The SMILES string of the molecule is CC(COC(=O)C(Br)C(C)c1ccccc1)COC(=O)C(C)(C)C. The van der Waals surface area contributed by atoms with Crippen molar-refractivity contribution in [2.24, 2.45) is 11.3 Å². The molecule has 24 heavy (non-hydrogen) atoms. The molecule has 1 aromatic rings. The molecule has 0 N–H and O–H groups in total. The molecule has 0 saturated carbocycles. The lowest BCUT2D eigenvalue weighted by Crippen LogP contribution is -2.28. The summed E-state index contributed by atoms with van der Waals surface area (Å²) >= 11 is 3.42. The van der Waals surface area contributed by atoms with Crippen molar-refractivity contribution in [3.05, 3.63) is 35.9 Å². The maximum atomic E-state index is 12.2. The molecule has 3 unspecified atom stereocenters. The molecule has 4 nitrogen and oxygen atoms in total. The summed E-state index contributed by atoms with van der Waals surface area (Å²) in [6.45, 7) is 9.74. The highest BCUT2D eigenvalue weighted by molar-refractivity contribution is 9.10. The molecule has 5 heteroatoms. The summed E-state index contributed by atoms with van der Waals surface area (Å²) in [5.74, 6) is -0.600. The smallest absolute Gasteiger partial charge is 0.320 e. The van der Waals surface area contributed by atoms with Crippen molar-refractivity contribution in [1.82, 2.24) is 0 Å². The van der Waals surface area contributed by atoms with Gasteiger partial charge in [0.2, 0.25) is 0 Å². The van der Waals surface area contributed by atoms with E-state index >= 15 is 0 Å². The third kappa shape index (κ3) is 6.63. The average Bonchev–Trinajstić information content (AvgIpc) is 2.55. The first-order chi connectivity index (χ1) is 11.1. The molecule has 0 aliphatic rings. The van der Waals surface area contributed by atoms with Crippen LogP contribution in [0.25, 0.3) is 0 Å². The highest BCUT2D eigenvalue weighted by Crippen LogP contribution is 2.25. The van der Waals surface area contributed by atoms with Crippen molar-refractivity contribution in [2.75, 3.05) is 13.2 Å². The predicted octanol–water partition coefficient (Wildman–Crippen LogP) is 4.32. The number of carbonyl (C=O) groups excluding carboxylic acids is 2. The minimum absolute atomic E-state index is 0.00715. The number of hydrogen-bond acceptors (Lipinski definition) is 4. The molecule has 1 aromatic carbocycles. The maximum Gasteiger partial charge on any atom is 0.320 e. The fourth-order valence-electron chi connectivity index (χ4n) is 1.92. The van der Waals surface area contributed by atoms with Crippen molar-refractivity contribution in [3.8, 4) is 0 Å². The van der Waals surface area contributed by atoms with Crippen LogP contribution in [0.3, 0.4) is 0 Å². The number of hydrogen-bond donors (Lipinski definition) is 0. The minimum Gasteiger partial charge on any atom is -0.465 e. The topological polar surface area (TPSA) is 52.6 Å². The van der Waals surface area contributed by atoms with E-state index in [0.717, 1.165) is 5.56 Å². The van der Waals surface area contributed by atoms with Crippen molar-refractivity contribution in [1.29, 1.82) is 0 Å². The van der Waals surface area contributed by atoms with Gasteiger partial charge in [-0.05, 0) is 26.3 Å². The predicted molar refractivity (Wildman–Crippen MR) is 98.1 cm³/mol. The molecule has 0 bridgehead atoms.